The van der Waals surface area contributed by atoms with Crippen LogP contribution in [-0.2, 0) is 17.6 Å². The van der Waals surface area contributed by atoms with E-state index in [9.17, 15) is 9.18 Å². The Labute approximate surface area is 80.3 Å². The number of hydrogen-bond donors (Lipinski definition) is 2. The molecule has 0 amide bonds. The molecule has 0 saturated carbocycles. The minimum atomic E-state index is -1.25. The van der Waals surface area contributed by atoms with Crippen LogP contribution in [0.5, 0.6) is 0 Å². The zero-order valence-corrected chi connectivity index (χ0v) is 7.46. The van der Waals surface area contributed by atoms with Gasteiger partial charge < -0.3 is 10.8 Å². The van der Waals surface area contributed by atoms with Gasteiger partial charge in [-0.15, -0.1) is 0 Å². The fourth-order valence-corrected chi connectivity index (χ4v) is 1.82. The summed E-state index contributed by atoms with van der Waals surface area (Å²) in [5.74, 6) is -1.38. The Morgan fingerprint density at radius 3 is 2.71 bits per heavy atom. The van der Waals surface area contributed by atoms with Crippen molar-refractivity contribution in [3.8, 4) is 0 Å². The van der Waals surface area contributed by atoms with Gasteiger partial charge in [-0.05, 0) is 23.3 Å². The van der Waals surface area contributed by atoms with Crippen LogP contribution in [0.4, 0.5) is 4.39 Å². The van der Waals surface area contributed by atoms with E-state index in [0.29, 0.717) is 5.56 Å². The van der Waals surface area contributed by atoms with Gasteiger partial charge in [-0.3, -0.25) is 4.79 Å². The maximum atomic E-state index is 12.8. The molecule has 1 aromatic rings. The molecule has 3 N–H and O–H groups in total. The number of halogens is 1. The summed E-state index contributed by atoms with van der Waals surface area (Å²) >= 11 is 0. The molecule has 2 rings (SSSR count). The Hall–Kier alpha value is -1.42. The van der Waals surface area contributed by atoms with Gasteiger partial charge in [-0.25, -0.2) is 4.39 Å². The highest BCUT2D eigenvalue weighted by atomic mass is 19.1. The largest absolute Gasteiger partial charge is 0.480 e. The highest BCUT2D eigenvalue weighted by molar-refractivity contribution is 5.81. The molecule has 1 aliphatic carbocycles. The van der Waals surface area contributed by atoms with Gasteiger partial charge in [0.15, 0.2) is 0 Å². The molecule has 1 unspecified atom stereocenters. The van der Waals surface area contributed by atoms with Crippen molar-refractivity contribution in [2.45, 2.75) is 18.4 Å². The van der Waals surface area contributed by atoms with Crippen molar-refractivity contribution < 1.29 is 14.3 Å². The fraction of sp³-hybridized carbons (Fsp3) is 0.300. The molecule has 0 aromatic heterocycles. The molecule has 0 aliphatic heterocycles. The topological polar surface area (TPSA) is 63.3 Å². The van der Waals surface area contributed by atoms with Crippen molar-refractivity contribution in [2.75, 3.05) is 0 Å². The van der Waals surface area contributed by atoms with E-state index in [1.165, 1.54) is 12.1 Å². The molecule has 3 nitrogen and oxygen atoms in total. The Bertz CT molecular complexity index is 405. The van der Waals surface area contributed by atoms with Gasteiger partial charge in [0.1, 0.15) is 11.4 Å². The number of benzene rings is 1. The monoisotopic (exact) mass is 195 g/mol. The second-order valence-electron chi connectivity index (χ2n) is 3.73. The van der Waals surface area contributed by atoms with Crippen molar-refractivity contribution in [3.05, 3.63) is 35.1 Å². The minimum absolute atomic E-state index is 0.204. The van der Waals surface area contributed by atoms with Crippen LogP contribution in [0.15, 0.2) is 18.2 Å². The first-order valence-electron chi connectivity index (χ1n) is 4.31. The summed E-state index contributed by atoms with van der Waals surface area (Å²) in [6.07, 6.45) is 0.480. The number of nitrogens with two attached hydrogens (primary N) is 1. The molecule has 1 aromatic carbocycles. The average Bonchev–Trinajstić information content (AvgIpc) is 2.42. The lowest BCUT2D eigenvalue weighted by atomic mass is 9.98. The van der Waals surface area contributed by atoms with E-state index >= 15 is 0 Å². The van der Waals surface area contributed by atoms with E-state index < -0.39 is 11.5 Å². The third kappa shape index (κ3) is 1.28. The predicted molar refractivity (Wildman–Crippen MR) is 48.4 cm³/mol. The van der Waals surface area contributed by atoms with E-state index in [4.69, 9.17) is 10.8 Å². The van der Waals surface area contributed by atoms with Crippen LogP contribution in [0.25, 0.3) is 0 Å². The van der Waals surface area contributed by atoms with Crippen LogP contribution in [-0.4, -0.2) is 16.6 Å². The van der Waals surface area contributed by atoms with Crippen molar-refractivity contribution in [2.24, 2.45) is 5.73 Å². The number of carboxylic acids is 1. The van der Waals surface area contributed by atoms with Gasteiger partial charge in [-0.1, -0.05) is 6.07 Å². The van der Waals surface area contributed by atoms with Crippen LogP contribution >= 0.6 is 0 Å². The highest BCUT2D eigenvalue weighted by Crippen LogP contribution is 2.29. The van der Waals surface area contributed by atoms with Crippen LogP contribution in [0.3, 0.4) is 0 Å². The molecular formula is C10H10FNO2. The Balaban J connectivity index is 2.39. The van der Waals surface area contributed by atoms with Gasteiger partial charge in [0.25, 0.3) is 0 Å². The predicted octanol–water partition coefficient (Wildman–Crippen LogP) is 0.706. The summed E-state index contributed by atoms with van der Waals surface area (Å²) in [4.78, 5) is 10.9. The number of carbonyl (C=O) groups is 1. The Morgan fingerprint density at radius 2 is 2.07 bits per heavy atom. The molecule has 1 atom stereocenters. The lowest BCUT2D eigenvalue weighted by molar-refractivity contribution is -0.142. The Morgan fingerprint density at radius 1 is 1.43 bits per heavy atom. The van der Waals surface area contributed by atoms with E-state index in [2.05, 4.69) is 0 Å². The van der Waals surface area contributed by atoms with Crippen LogP contribution in [0, 0.1) is 5.82 Å². The quantitative estimate of drug-likeness (QED) is 0.693. The molecule has 0 radical (unpaired) electrons. The summed E-state index contributed by atoms with van der Waals surface area (Å²) in [6.45, 7) is 0. The fourth-order valence-electron chi connectivity index (χ4n) is 1.82. The molecular weight excluding hydrogens is 185 g/mol. The number of carboxylic acid groups (broad SMARTS) is 1. The summed E-state index contributed by atoms with van der Waals surface area (Å²) in [6, 6.07) is 4.28. The second kappa shape index (κ2) is 2.78. The van der Waals surface area contributed by atoms with Gasteiger partial charge >= 0.3 is 5.97 Å². The third-order valence-electron chi connectivity index (χ3n) is 2.61. The van der Waals surface area contributed by atoms with Crippen molar-refractivity contribution in [1.29, 1.82) is 0 Å². The van der Waals surface area contributed by atoms with Gasteiger partial charge in [0.05, 0.1) is 0 Å². The Kier molecular flexibility index (Phi) is 1.82. The van der Waals surface area contributed by atoms with E-state index in [0.717, 1.165) is 5.56 Å². The number of aliphatic carboxylic acids is 1. The van der Waals surface area contributed by atoms with Gasteiger partial charge in [-0.2, -0.15) is 0 Å². The summed E-state index contributed by atoms with van der Waals surface area (Å²) < 4.78 is 12.8. The van der Waals surface area contributed by atoms with Crippen molar-refractivity contribution in [3.63, 3.8) is 0 Å². The number of hydrogen-bond acceptors (Lipinski definition) is 2. The highest BCUT2D eigenvalue weighted by Gasteiger charge is 2.40. The lowest BCUT2D eigenvalue weighted by Gasteiger charge is -2.16. The SMILES string of the molecule is NC1(C(=O)O)Cc2ccc(F)cc2C1. The molecule has 4 heteroatoms. The standard InChI is InChI=1S/C10H10FNO2/c11-8-2-1-6-4-10(12,9(13)14)5-7(6)3-8/h1-3H,4-5,12H2,(H,13,14). The van der Waals surface area contributed by atoms with Crippen LogP contribution in [0.2, 0.25) is 0 Å². The molecule has 74 valence electrons. The molecule has 1 aliphatic rings. The third-order valence-corrected chi connectivity index (χ3v) is 2.61. The second-order valence-corrected chi connectivity index (χ2v) is 3.73. The number of fused-ring (bicyclic) bond motifs is 1. The molecule has 0 fully saturated rings. The molecule has 0 saturated heterocycles. The summed E-state index contributed by atoms with van der Waals surface area (Å²) in [7, 11) is 0. The van der Waals surface area contributed by atoms with Crippen molar-refractivity contribution >= 4 is 5.97 Å². The average molecular weight is 195 g/mol. The first-order chi connectivity index (χ1) is 6.51. The first kappa shape index (κ1) is 9.15. The van der Waals surface area contributed by atoms with E-state index in [1.807, 2.05) is 0 Å². The molecule has 0 heterocycles. The first-order valence-corrected chi connectivity index (χ1v) is 4.31. The van der Waals surface area contributed by atoms with E-state index in [1.54, 1.807) is 6.07 Å². The van der Waals surface area contributed by atoms with Crippen LogP contribution in [0.1, 0.15) is 11.1 Å². The maximum Gasteiger partial charge on any atom is 0.324 e. The minimum Gasteiger partial charge on any atom is -0.480 e. The van der Waals surface area contributed by atoms with Gasteiger partial charge in [0.2, 0.25) is 0 Å². The summed E-state index contributed by atoms with van der Waals surface area (Å²) in [5.41, 5.74) is 5.96. The maximum absolute atomic E-state index is 12.8. The van der Waals surface area contributed by atoms with Crippen molar-refractivity contribution in [1.82, 2.24) is 0 Å². The summed E-state index contributed by atoms with van der Waals surface area (Å²) in [5, 5.41) is 8.90. The smallest absolute Gasteiger partial charge is 0.324 e. The van der Waals surface area contributed by atoms with E-state index in [-0.39, 0.29) is 18.7 Å². The zero-order chi connectivity index (χ0) is 10.3. The zero-order valence-electron chi connectivity index (χ0n) is 7.46. The lowest BCUT2D eigenvalue weighted by Crippen LogP contribution is -2.48. The number of rotatable bonds is 1. The van der Waals surface area contributed by atoms with Crippen LogP contribution < -0.4 is 5.73 Å². The molecule has 0 spiro atoms. The molecule has 14 heavy (non-hydrogen) atoms. The van der Waals surface area contributed by atoms with Gasteiger partial charge in [0, 0.05) is 12.8 Å². The normalized spacial score (nSPS) is 24.7. The molecule has 0 bridgehead atoms.